The minimum absolute atomic E-state index is 0.757. The Morgan fingerprint density at radius 3 is 3.11 bits per heavy atom. The highest BCUT2D eigenvalue weighted by atomic mass is 79.9. The Labute approximate surface area is 135 Å². The van der Waals surface area contributed by atoms with Crippen LogP contribution in [0.5, 0.6) is 0 Å². The lowest BCUT2D eigenvalue weighted by atomic mass is 10.4. The topological polar surface area (TPSA) is 25.2 Å². The number of thioether (sulfide) groups is 1. The zero-order chi connectivity index (χ0) is 13.7. The Morgan fingerprint density at radius 1 is 1.47 bits per heavy atom. The maximum absolute atomic E-state index is 5.82. The molecule has 0 saturated carbocycles. The maximum atomic E-state index is 5.82. The monoisotopic (exact) mass is 377 g/mol. The van der Waals surface area contributed by atoms with Crippen molar-refractivity contribution in [3.05, 3.63) is 20.4 Å². The highest BCUT2D eigenvalue weighted by molar-refractivity contribution is 9.10. The third kappa shape index (κ3) is 4.21. The van der Waals surface area contributed by atoms with Gasteiger partial charge >= 0.3 is 0 Å². The van der Waals surface area contributed by atoms with Crippen LogP contribution in [0.3, 0.4) is 0 Å². The van der Waals surface area contributed by atoms with E-state index in [9.17, 15) is 0 Å². The molecule has 0 aliphatic carbocycles. The van der Waals surface area contributed by atoms with Crippen molar-refractivity contribution in [2.75, 3.05) is 23.4 Å². The number of hydrogen-bond donors (Lipinski definition) is 1. The Morgan fingerprint density at radius 2 is 2.32 bits per heavy atom. The molecule has 19 heavy (non-hydrogen) atoms. The van der Waals surface area contributed by atoms with Gasteiger partial charge in [-0.15, -0.1) is 11.3 Å². The first-order chi connectivity index (χ1) is 9.22. The van der Waals surface area contributed by atoms with E-state index in [1.54, 1.807) is 11.3 Å². The van der Waals surface area contributed by atoms with Gasteiger partial charge in [0.05, 0.1) is 13.7 Å². The molecule has 0 aromatic carbocycles. The van der Waals surface area contributed by atoms with E-state index in [1.807, 2.05) is 23.2 Å². The summed E-state index contributed by atoms with van der Waals surface area (Å²) in [4.78, 5) is 0. The van der Waals surface area contributed by atoms with Crippen LogP contribution < -0.4 is 5.32 Å². The van der Waals surface area contributed by atoms with Crippen molar-refractivity contribution in [3.8, 4) is 0 Å². The lowest BCUT2D eigenvalue weighted by molar-refractivity contribution is 0.616. The fourth-order valence-corrected chi connectivity index (χ4v) is 4.34. The van der Waals surface area contributed by atoms with Crippen LogP contribution in [-0.2, 0) is 0 Å². The molecule has 0 spiro atoms. The number of anilines is 1. The lowest BCUT2D eigenvalue weighted by Gasteiger charge is -2.05. The van der Waals surface area contributed by atoms with Gasteiger partial charge in [-0.3, -0.25) is 0 Å². The zero-order valence-corrected chi connectivity index (χ0v) is 14.7. The molecule has 2 nitrogen and oxygen atoms in total. The van der Waals surface area contributed by atoms with Gasteiger partial charge in [0.25, 0.3) is 0 Å². The molecule has 6 heteroatoms. The van der Waals surface area contributed by atoms with E-state index in [2.05, 4.69) is 28.2 Å². The van der Waals surface area contributed by atoms with E-state index in [0.717, 1.165) is 37.4 Å². The molecular weight excluding hydrogens is 362 g/mol. The fourth-order valence-electron chi connectivity index (χ4n) is 1.60. The van der Waals surface area contributed by atoms with Crippen molar-refractivity contribution in [3.63, 3.8) is 0 Å². The summed E-state index contributed by atoms with van der Waals surface area (Å²) in [6.07, 6.45) is 2.55. The van der Waals surface area contributed by atoms with E-state index in [1.165, 1.54) is 18.6 Å². The molecule has 0 fully saturated rings. The molecule has 104 valence electrons. The summed E-state index contributed by atoms with van der Waals surface area (Å²) >= 11 is 12.4. The molecule has 0 radical (unpaired) electrons. The molecule has 2 aromatic heterocycles. The van der Waals surface area contributed by atoms with Gasteiger partial charge in [0.15, 0.2) is 11.5 Å². The largest absolute Gasteiger partial charge is 0.439 e. The third-order valence-electron chi connectivity index (χ3n) is 2.59. The van der Waals surface area contributed by atoms with E-state index < -0.39 is 0 Å². The number of halogens is 1. The lowest BCUT2D eigenvalue weighted by Crippen LogP contribution is -2.04. The van der Waals surface area contributed by atoms with Crippen LogP contribution in [-0.4, -0.2) is 18.1 Å². The van der Waals surface area contributed by atoms with Gasteiger partial charge in [0.2, 0.25) is 0 Å². The zero-order valence-electron chi connectivity index (χ0n) is 10.7. The van der Waals surface area contributed by atoms with Crippen LogP contribution in [0.25, 0.3) is 10.3 Å². The smallest absolute Gasteiger partial charge is 0.195 e. The molecule has 0 amide bonds. The Kier molecular flexibility index (Phi) is 6.19. The molecule has 0 saturated heterocycles. The SMILES string of the molecule is CCCCSCCNc1cc(=S)c2scc(Br)c2o1. The van der Waals surface area contributed by atoms with Crippen LogP contribution in [0, 0.1) is 4.51 Å². The van der Waals surface area contributed by atoms with Crippen molar-refractivity contribution in [1.29, 1.82) is 0 Å². The Hall–Kier alpha value is -0.0400. The molecule has 2 heterocycles. The number of unbranched alkanes of at least 4 members (excludes halogenated alkanes) is 1. The van der Waals surface area contributed by atoms with Crippen molar-refractivity contribution in [1.82, 2.24) is 0 Å². The number of hydrogen-bond acceptors (Lipinski definition) is 5. The predicted molar refractivity (Wildman–Crippen MR) is 93.3 cm³/mol. The second kappa shape index (κ2) is 7.67. The molecule has 0 atom stereocenters. The van der Waals surface area contributed by atoms with Crippen molar-refractivity contribution >= 4 is 67.4 Å². The van der Waals surface area contributed by atoms with Gasteiger partial charge in [0, 0.05) is 23.7 Å². The number of fused-ring (bicyclic) bond motifs is 1. The quantitative estimate of drug-likeness (QED) is 0.477. The molecule has 0 aliphatic heterocycles. The number of thiophene rings is 1. The van der Waals surface area contributed by atoms with Gasteiger partial charge in [-0.05, 0) is 28.1 Å². The second-order valence-electron chi connectivity index (χ2n) is 4.11. The minimum Gasteiger partial charge on any atom is -0.439 e. The second-order valence-corrected chi connectivity index (χ2v) is 7.51. The van der Waals surface area contributed by atoms with Crippen LogP contribution in [0.15, 0.2) is 20.3 Å². The van der Waals surface area contributed by atoms with E-state index in [4.69, 9.17) is 16.6 Å². The van der Waals surface area contributed by atoms with Crippen LogP contribution in [0.4, 0.5) is 5.88 Å². The molecule has 0 aliphatic rings. The van der Waals surface area contributed by atoms with E-state index >= 15 is 0 Å². The summed E-state index contributed by atoms with van der Waals surface area (Å²) in [5.74, 6) is 3.08. The number of nitrogens with one attached hydrogen (secondary N) is 1. The average Bonchev–Trinajstić information content (AvgIpc) is 2.76. The summed E-state index contributed by atoms with van der Waals surface area (Å²) < 4.78 is 8.67. The predicted octanol–water partition coefficient (Wildman–Crippen LogP) is 5.93. The highest BCUT2D eigenvalue weighted by Gasteiger charge is 2.07. The standard InChI is InChI=1S/C13H16BrNOS3/c1-2-3-5-18-6-4-15-11-7-10(17)13-12(16-11)9(14)8-19-13/h7-8,15H,2-6H2,1H3. The van der Waals surface area contributed by atoms with Crippen LogP contribution in [0.1, 0.15) is 19.8 Å². The fraction of sp³-hybridized carbons (Fsp3) is 0.462. The summed E-state index contributed by atoms with van der Waals surface area (Å²) in [6.45, 7) is 3.12. The molecule has 0 bridgehead atoms. The number of rotatable bonds is 7. The molecule has 0 unspecified atom stereocenters. The molecule has 1 N–H and O–H groups in total. The normalized spacial score (nSPS) is 11.1. The molecule has 2 rings (SSSR count). The minimum atomic E-state index is 0.757. The maximum Gasteiger partial charge on any atom is 0.195 e. The van der Waals surface area contributed by atoms with Crippen molar-refractivity contribution < 1.29 is 4.42 Å². The molecular formula is C13H16BrNOS3. The van der Waals surface area contributed by atoms with E-state index in [0.29, 0.717) is 0 Å². The van der Waals surface area contributed by atoms with Gasteiger partial charge < -0.3 is 9.73 Å². The first-order valence-electron chi connectivity index (χ1n) is 6.25. The Bertz CT molecular complexity index is 593. The Balaban J connectivity index is 1.94. The van der Waals surface area contributed by atoms with E-state index in [-0.39, 0.29) is 0 Å². The summed E-state index contributed by atoms with van der Waals surface area (Å²) in [7, 11) is 0. The summed E-state index contributed by atoms with van der Waals surface area (Å²) in [5.41, 5.74) is 0.846. The van der Waals surface area contributed by atoms with Crippen LogP contribution >= 0.6 is 51.2 Å². The van der Waals surface area contributed by atoms with Crippen LogP contribution in [0.2, 0.25) is 0 Å². The van der Waals surface area contributed by atoms with Gasteiger partial charge in [-0.1, -0.05) is 25.6 Å². The van der Waals surface area contributed by atoms with Gasteiger partial charge in [0.1, 0.15) is 0 Å². The third-order valence-corrected chi connectivity index (χ3v) is 6.00. The first kappa shape index (κ1) is 15.4. The molecule has 2 aromatic rings. The highest BCUT2D eigenvalue weighted by Crippen LogP contribution is 2.33. The van der Waals surface area contributed by atoms with Crippen molar-refractivity contribution in [2.24, 2.45) is 0 Å². The summed E-state index contributed by atoms with van der Waals surface area (Å²) in [6, 6.07) is 1.90. The van der Waals surface area contributed by atoms with Crippen molar-refractivity contribution in [2.45, 2.75) is 19.8 Å². The summed E-state index contributed by atoms with van der Waals surface area (Å²) in [5, 5.41) is 5.31. The van der Waals surface area contributed by atoms with Gasteiger partial charge in [-0.2, -0.15) is 11.8 Å². The first-order valence-corrected chi connectivity index (χ1v) is 9.48. The average molecular weight is 378 g/mol. The van der Waals surface area contributed by atoms with Gasteiger partial charge in [-0.25, -0.2) is 0 Å².